The molecule has 1 saturated heterocycles. The van der Waals surface area contributed by atoms with E-state index >= 15 is 0 Å². The number of pyridine rings is 1. The van der Waals surface area contributed by atoms with Crippen molar-refractivity contribution < 1.29 is 13.7 Å². The first-order valence-corrected chi connectivity index (χ1v) is 12.4. The Morgan fingerprint density at radius 1 is 1.27 bits per heavy atom. The third-order valence-corrected chi connectivity index (χ3v) is 7.52. The zero-order chi connectivity index (χ0) is 26.2. The molecule has 1 aliphatic heterocycles. The van der Waals surface area contributed by atoms with Crippen molar-refractivity contribution in [3.63, 3.8) is 0 Å². The maximum Gasteiger partial charge on any atom is 0.223 e. The Hall–Kier alpha value is -3.50. The minimum atomic E-state index is -0.668. The molecule has 192 valence electrons. The first-order valence-electron chi connectivity index (χ1n) is 11.7. The van der Waals surface area contributed by atoms with Crippen molar-refractivity contribution >= 4 is 41.2 Å². The molecule has 0 bridgehead atoms. The number of H-pyrrole nitrogens is 1. The SMILES string of the molecule is Cc1cc(Nc2nc(CC3(c4noc(C)n4)CCN(C=O)C(c4cccc(Cl)c4Cl)C3)ccc2F)n[nH]1. The molecule has 3 aromatic heterocycles. The molecule has 5 rings (SSSR count). The van der Waals surface area contributed by atoms with Crippen LogP contribution in [0.15, 0.2) is 40.9 Å². The average Bonchev–Trinajstić information content (AvgIpc) is 3.51. The number of nitrogens with one attached hydrogen (secondary N) is 2. The summed E-state index contributed by atoms with van der Waals surface area (Å²) in [6.07, 6.45) is 2.17. The molecule has 1 amide bonds. The molecular weight excluding hydrogens is 520 g/mol. The number of aromatic amines is 1. The number of halogens is 3. The van der Waals surface area contributed by atoms with Crippen LogP contribution in [0.1, 0.15) is 47.5 Å². The van der Waals surface area contributed by atoms with Crippen molar-refractivity contribution in [2.75, 3.05) is 11.9 Å². The maximum absolute atomic E-state index is 14.6. The summed E-state index contributed by atoms with van der Waals surface area (Å²) in [6.45, 7) is 3.99. The second-order valence-corrected chi connectivity index (χ2v) is 10.0. The van der Waals surface area contributed by atoms with Crippen LogP contribution < -0.4 is 5.32 Å². The number of carbonyl (C=O) groups is 1. The molecule has 0 aliphatic carbocycles. The molecule has 0 saturated carbocycles. The molecule has 2 N–H and O–H groups in total. The number of hydrogen-bond acceptors (Lipinski definition) is 7. The van der Waals surface area contributed by atoms with Crippen LogP contribution in [-0.2, 0) is 16.6 Å². The number of nitrogens with zero attached hydrogens (tertiary/aromatic N) is 5. The summed E-state index contributed by atoms with van der Waals surface area (Å²) in [5, 5.41) is 14.9. The van der Waals surface area contributed by atoms with E-state index < -0.39 is 11.2 Å². The van der Waals surface area contributed by atoms with E-state index in [2.05, 4.69) is 30.6 Å². The molecule has 0 spiro atoms. The van der Waals surface area contributed by atoms with Crippen LogP contribution in [0.4, 0.5) is 16.0 Å². The summed E-state index contributed by atoms with van der Waals surface area (Å²) in [5.74, 6) is 0.936. The molecule has 37 heavy (non-hydrogen) atoms. The average molecular weight is 544 g/mol. The number of aryl methyl sites for hydroxylation is 2. The third kappa shape index (κ3) is 5.03. The van der Waals surface area contributed by atoms with Gasteiger partial charge in [-0.15, -0.1) is 0 Å². The van der Waals surface area contributed by atoms with Crippen molar-refractivity contribution in [1.82, 2.24) is 30.2 Å². The van der Waals surface area contributed by atoms with Crippen LogP contribution in [0.2, 0.25) is 10.0 Å². The normalized spacial score (nSPS) is 19.7. The summed E-state index contributed by atoms with van der Waals surface area (Å²) in [5.41, 5.74) is 1.51. The number of likely N-dealkylation sites (tertiary alicyclic amines) is 1. The monoisotopic (exact) mass is 543 g/mol. The predicted molar refractivity (Wildman–Crippen MR) is 136 cm³/mol. The van der Waals surface area contributed by atoms with Crippen molar-refractivity contribution in [1.29, 1.82) is 0 Å². The van der Waals surface area contributed by atoms with Gasteiger partial charge in [-0.3, -0.25) is 9.89 Å². The molecule has 0 radical (unpaired) electrons. The minimum absolute atomic E-state index is 0.0585. The van der Waals surface area contributed by atoms with Gasteiger partial charge in [-0.1, -0.05) is 40.5 Å². The van der Waals surface area contributed by atoms with Gasteiger partial charge in [0, 0.05) is 42.8 Å². The number of amides is 1. The highest BCUT2D eigenvalue weighted by molar-refractivity contribution is 6.42. The van der Waals surface area contributed by atoms with Gasteiger partial charge in [0.15, 0.2) is 23.3 Å². The van der Waals surface area contributed by atoms with E-state index in [1.165, 1.54) is 6.07 Å². The first kappa shape index (κ1) is 25.2. The van der Waals surface area contributed by atoms with Crippen molar-refractivity contribution in [2.24, 2.45) is 0 Å². The van der Waals surface area contributed by atoms with E-state index in [-0.39, 0.29) is 11.9 Å². The summed E-state index contributed by atoms with van der Waals surface area (Å²) in [4.78, 5) is 22.9. The second-order valence-electron chi connectivity index (χ2n) is 9.24. The largest absolute Gasteiger partial charge is 0.340 e. The lowest BCUT2D eigenvalue weighted by Gasteiger charge is -2.44. The van der Waals surface area contributed by atoms with Crippen LogP contribution in [0.3, 0.4) is 0 Å². The number of aromatic nitrogens is 5. The van der Waals surface area contributed by atoms with Gasteiger partial charge in [0.2, 0.25) is 12.3 Å². The highest BCUT2D eigenvalue weighted by Crippen LogP contribution is 2.47. The van der Waals surface area contributed by atoms with E-state index in [0.29, 0.717) is 59.1 Å². The summed E-state index contributed by atoms with van der Waals surface area (Å²) in [6, 6.07) is 9.74. The lowest BCUT2D eigenvalue weighted by molar-refractivity contribution is -0.122. The maximum atomic E-state index is 14.6. The van der Waals surface area contributed by atoms with E-state index in [0.717, 1.165) is 17.7 Å². The first-order chi connectivity index (χ1) is 17.8. The Labute approximate surface area is 222 Å². The lowest BCUT2D eigenvalue weighted by Crippen LogP contribution is -2.46. The Balaban J connectivity index is 1.54. The molecule has 12 heteroatoms. The zero-order valence-corrected chi connectivity index (χ0v) is 21.6. The van der Waals surface area contributed by atoms with Gasteiger partial charge in [0.05, 0.1) is 16.1 Å². The van der Waals surface area contributed by atoms with E-state index in [1.807, 2.05) is 13.0 Å². The van der Waals surface area contributed by atoms with Crippen molar-refractivity contribution in [2.45, 2.75) is 44.6 Å². The highest BCUT2D eigenvalue weighted by Gasteiger charge is 2.45. The Bertz CT molecular complexity index is 1440. The van der Waals surface area contributed by atoms with E-state index in [1.54, 1.807) is 36.1 Å². The number of hydrogen-bond donors (Lipinski definition) is 2. The number of rotatable bonds is 7. The Kier molecular flexibility index (Phi) is 6.87. The summed E-state index contributed by atoms with van der Waals surface area (Å²) >= 11 is 12.9. The standard InChI is InChI=1S/C25H24Cl2FN7O2/c1-14-10-21(33-32-14)31-23-19(28)7-6-16(30-23)11-25(24-29-15(2)37-34-24)8-9-35(13-36)20(12-25)17-4-3-5-18(26)22(17)27/h3-7,10,13,20H,8-9,11-12H2,1-2H3,(H2,30,31,32,33). The van der Waals surface area contributed by atoms with Gasteiger partial charge in [-0.05, 0) is 43.5 Å². The fraction of sp³-hybridized carbons (Fsp3) is 0.320. The van der Waals surface area contributed by atoms with Gasteiger partial charge >= 0.3 is 0 Å². The smallest absolute Gasteiger partial charge is 0.223 e. The van der Waals surface area contributed by atoms with Gasteiger partial charge in [-0.2, -0.15) is 10.1 Å². The van der Waals surface area contributed by atoms with Gasteiger partial charge in [-0.25, -0.2) is 9.37 Å². The molecule has 1 fully saturated rings. The summed E-state index contributed by atoms with van der Waals surface area (Å²) < 4.78 is 20.0. The quantitative estimate of drug-likeness (QED) is 0.297. The van der Waals surface area contributed by atoms with Crippen molar-refractivity contribution in [3.05, 3.63) is 80.9 Å². The topological polar surface area (TPSA) is 113 Å². The van der Waals surface area contributed by atoms with Gasteiger partial charge < -0.3 is 14.7 Å². The van der Waals surface area contributed by atoms with Crippen LogP contribution in [-0.4, -0.2) is 43.2 Å². The van der Waals surface area contributed by atoms with E-state index in [9.17, 15) is 9.18 Å². The molecule has 9 nitrogen and oxygen atoms in total. The molecular formula is C25H24Cl2FN7O2. The fourth-order valence-electron chi connectivity index (χ4n) is 4.86. The van der Waals surface area contributed by atoms with Gasteiger partial charge in [0.1, 0.15) is 0 Å². The molecule has 2 unspecified atom stereocenters. The fourth-order valence-corrected chi connectivity index (χ4v) is 5.29. The number of benzene rings is 1. The van der Waals surface area contributed by atoms with E-state index in [4.69, 9.17) is 27.7 Å². The van der Waals surface area contributed by atoms with Crippen LogP contribution >= 0.6 is 23.2 Å². The number of anilines is 2. The second kappa shape index (κ2) is 10.1. The van der Waals surface area contributed by atoms with Gasteiger partial charge in [0.25, 0.3) is 0 Å². The lowest BCUT2D eigenvalue weighted by atomic mass is 9.70. The highest BCUT2D eigenvalue weighted by atomic mass is 35.5. The minimum Gasteiger partial charge on any atom is -0.340 e. The van der Waals surface area contributed by atoms with Crippen LogP contribution in [0.25, 0.3) is 0 Å². The molecule has 4 heterocycles. The van der Waals surface area contributed by atoms with Crippen molar-refractivity contribution in [3.8, 4) is 0 Å². The predicted octanol–water partition coefficient (Wildman–Crippen LogP) is 5.47. The zero-order valence-electron chi connectivity index (χ0n) is 20.1. The van der Waals surface area contributed by atoms with Crippen LogP contribution in [0, 0.1) is 19.7 Å². The number of piperidine rings is 1. The Morgan fingerprint density at radius 2 is 2.11 bits per heavy atom. The summed E-state index contributed by atoms with van der Waals surface area (Å²) in [7, 11) is 0. The molecule has 1 aliphatic rings. The molecule has 1 aromatic carbocycles. The molecule has 2 atom stereocenters. The number of carbonyl (C=O) groups excluding carboxylic acids is 1. The molecule has 4 aromatic rings. The Morgan fingerprint density at radius 3 is 2.81 bits per heavy atom. The van der Waals surface area contributed by atoms with Crippen LogP contribution in [0.5, 0.6) is 0 Å². The third-order valence-electron chi connectivity index (χ3n) is 6.69.